The van der Waals surface area contributed by atoms with Crippen molar-refractivity contribution in [1.82, 2.24) is 10.2 Å². The first-order valence-corrected chi connectivity index (χ1v) is 7.24. The highest BCUT2D eigenvalue weighted by Gasteiger charge is 2.15. The van der Waals surface area contributed by atoms with Gasteiger partial charge in [0.25, 0.3) is 5.69 Å². The summed E-state index contributed by atoms with van der Waals surface area (Å²) in [7, 11) is 0. The van der Waals surface area contributed by atoms with Gasteiger partial charge >= 0.3 is 0 Å². The molecule has 1 rings (SSSR count). The maximum Gasteiger partial charge on any atom is 0.273 e. The molecule has 0 amide bonds. The number of hydrogen-bond donors (Lipinski definition) is 1. The Hall–Kier alpha value is -1.17. The number of benzene rings is 1. The Morgan fingerprint density at radius 3 is 2.60 bits per heavy atom. The van der Waals surface area contributed by atoms with Crippen LogP contribution >= 0.6 is 11.6 Å². The van der Waals surface area contributed by atoms with Crippen LogP contribution in [0.5, 0.6) is 0 Å². The van der Waals surface area contributed by atoms with Crippen molar-refractivity contribution in [3.05, 3.63) is 38.9 Å². The zero-order chi connectivity index (χ0) is 15.1. The van der Waals surface area contributed by atoms with Crippen molar-refractivity contribution in [1.29, 1.82) is 0 Å². The molecule has 1 N–H and O–H groups in total. The van der Waals surface area contributed by atoms with E-state index >= 15 is 0 Å². The van der Waals surface area contributed by atoms with Crippen LogP contribution in [0.25, 0.3) is 0 Å². The van der Waals surface area contributed by atoms with E-state index in [4.69, 9.17) is 11.6 Å². The molecule has 0 aromatic heterocycles. The van der Waals surface area contributed by atoms with Crippen molar-refractivity contribution in [3.63, 3.8) is 0 Å². The molecule has 0 heterocycles. The molecule has 0 saturated heterocycles. The average Bonchev–Trinajstić information content (AvgIpc) is 2.42. The average molecular weight is 300 g/mol. The van der Waals surface area contributed by atoms with Crippen LogP contribution < -0.4 is 5.32 Å². The van der Waals surface area contributed by atoms with Crippen molar-refractivity contribution < 1.29 is 4.92 Å². The van der Waals surface area contributed by atoms with Gasteiger partial charge in [0.05, 0.1) is 4.92 Å². The Balaban J connectivity index is 2.65. The van der Waals surface area contributed by atoms with Gasteiger partial charge in [-0.25, -0.2) is 0 Å². The lowest BCUT2D eigenvalue weighted by Crippen LogP contribution is -2.38. The van der Waals surface area contributed by atoms with Crippen LogP contribution in [-0.4, -0.2) is 35.5 Å². The second-order valence-corrected chi connectivity index (χ2v) is 5.23. The number of hydrogen-bond acceptors (Lipinski definition) is 4. The van der Waals surface area contributed by atoms with Crippen molar-refractivity contribution in [2.75, 3.05) is 19.6 Å². The normalized spacial score (nSPS) is 12.7. The van der Waals surface area contributed by atoms with Crippen molar-refractivity contribution in [3.8, 4) is 0 Å². The van der Waals surface area contributed by atoms with Gasteiger partial charge in [-0.15, -0.1) is 0 Å². The van der Waals surface area contributed by atoms with E-state index in [9.17, 15) is 10.1 Å². The minimum atomic E-state index is -0.373. The molecule has 0 bridgehead atoms. The lowest BCUT2D eigenvalue weighted by atomic mass is 10.1. The summed E-state index contributed by atoms with van der Waals surface area (Å²) in [5.74, 6) is 0. The van der Waals surface area contributed by atoms with Crippen molar-refractivity contribution >= 4 is 17.3 Å². The highest BCUT2D eigenvalue weighted by atomic mass is 35.5. The number of rotatable bonds is 8. The summed E-state index contributed by atoms with van der Waals surface area (Å²) in [5, 5.41) is 14.8. The summed E-state index contributed by atoms with van der Waals surface area (Å²) in [6.45, 7) is 9.69. The third-order valence-corrected chi connectivity index (χ3v) is 3.54. The summed E-state index contributed by atoms with van der Waals surface area (Å²) < 4.78 is 0. The molecule has 0 radical (unpaired) electrons. The van der Waals surface area contributed by atoms with E-state index in [1.165, 1.54) is 6.07 Å². The zero-order valence-corrected chi connectivity index (χ0v) is 13.0. The zero-order valence-electron chi connectivity index (χ0n) is 12.2. The first-order valence-electron chi connectivity index (χ1n) is 6.86. The maximum atomic E-state index is 11.0. The van der Waals surface area contributed by atoms with Gasteiger partial charge in [-0.2, -0.15) is 0 Å². The highest BCUT2D eigenvalue weighted by Crippen LogP contribution is 2.22. The van der Waals surface area contributed by atoms with E-state index < -0.39 is 0 Å². The Labute approximate surface area is 125 Å². The molecule has 0 spiro atoms. The minimum absolute atomic E-state index is 0.108. The summed E-state index contributed by atoms with van der Waals surface area (Å²) in [5.41, 5.74) is 0.728. The molecule has 20 heavy (non-hydrogen) atoms. The Kier molecular flexibility index (Phi) is 6.91. The van der Waals surface area contributed by atoms with Gasteiger partial charge in [-0.05, 0) is 32.1 Å². The quantitative estimate of drug-likeness (QED) is 0.592. The van der Waals surface area contributed by atoms with E-state index in [0.29, 0.717) is 17.1 Å². The number of nitrogens with zero attached hydrogens (tertiary/aromatic N) is 2. The SMILES string of the molecule is CCN(CC)CC(C)NCc1cc(Cl)ccc1[N+](=O)[O-]. The third kappa shape index (κ3) is 5.07. The van der Waals surface area contributed by atoms with Crippen LogP contribution in [0.3, 0.4) is 0 Å². The first-order chi connectivity index (χ1) is 9.47. The molecule has 0 saturated carbocycles. The molecule has 112 valence electrons. The number of nitro groups is 1. The highest BCUT2D eigenvalue weighted by molar-refractivity contribution is 6.30. The minimum Gasteiger partial charge on any atom is -0.309 e. The fraction of sp³-hybridized carbons (Fsp3) is 0.571. The summed E-state index contributed by atoms with van der Waals surface area (Å²) in [4.78, 5) is 12.9. The Morgan fingerprint density at radius 2 is 2.05 bits per heavy atom. The summed E-state index contributed by atoms with van der Waals surface area (Å²) in [6.07, 6.45) is 0. The number of halogens is 1. The van der Waals surface area contributed by atoms with Gasteiger partial charge < -0.3 is 10.2 Å². The monoisotopic (exact) mass is 299 g/mol. The fourth-order valence-electron chi connectivity index (χ4n) is 2.09. The largest absolute Gasteiger partial charge is 0.309 e. The van der Waals surface area contributed by atoms with Gasteiger partial charge in [0.2, 0.25) is 0 Å². The van der Waals surface area contributed by atoms with Crippen LogP contribution in [0, 0.1) is 10.1 Å². The summed E-state index contributed by atoms with van der Waals surface area (Å²) >= 11 is 5.91. The number of likely N-dealkylation sites (N-methyl/N-ethyl adjacent to an activating group) is 1. The van der Waals surface area contributed by atoms with E-state index in [-0.39, 0.29) is 16.7 Å². The predicted octanol–water partition coefficient (Wildman–Crippen LogP) is 3.07. The van der Waals surface area contributed by atoms with Gasteiger partial charge in [-0.3, -0.25) is 10.1 Å². The first kappa shape index (κ1) is 16.9. The van der Waals surface area contributed by atoms with Crippen molar-refractivity contribution in [2.45, 2.75) is 33.4 Å². The molecule has 1 aromatic rings. The lowest BCUT2D eigenvalue weighted by Gasteiger charge is -2.23. The molecule has 0 aliphatic heterocycles. The smallest absolute Gasteiger partial charge is 0.273 e. The van der Waals surface area contributed by atoms with Gasteiger partial charge in [0, 0.05) is 35.8 Å². The van der Waals surface area contributed by atoms with E-state index in [1.807, 2.05) is 0 Å². The van der Waals surface area contributed by atoms with Crippen LogP contribution in [0.15, 0.2) is 18.2 Å². The molecule has 1 atom stereocenters. The molecular formula is C14H22ClN3O2. The molecule has 0 aliphatic rings. The van der Waals surface area contributed by atoms with E-state index in [0.717, 1.165) is 19.6 Å². The number of nitrogens with one attached hydrogen (secondary N) is 1. The third-order valence-electron chi connectivity index (χ3n) is 3.31. The Morgan fingerprint density at radius 1 is 1.40 bits per heavy atom. The van der Waals surface area contributed by atoms with Crippen LogP contribution in [0.1, 0.15) is 26.3 Å². The second kappa shape index (κ2) is 8.19. The molecular weight excluding hydrogens is 278 g/mol. The van der Waals surface area contributed by atoms with Gasteiger partial charge in [0.15, 0.2) is 0 Å². The van der Waals surface area contributed by atoms with Crippen LogP contribution in [-0.2, 0) is 6.54 Å². The molecule has 0 aliphatic carbocycles. The van der Waals surface area contributed by atoms with E-state index in [1.54, 1.807) is 12.1 Å². The van der Waals surface area contributed by atoms with Gasteiger partial charge in [0.1, 0.15) is 0 Å². The summed E-state index contributed by atoms with van der Waals surface area (Å²) in [6, 6.07) is 4.90. The molecule has 5 nitrogen and oxygen atoms in total. The second-order valence-electron chi connectivity index (χ2n) is 4.80. The maximum absolute atomic E-state index is 11.0. The standard InChI is InChI=1S/C14H22ClN3O2/c1-4-17(5-2)10-11(3)16-9-12-8-13(15)6-7-14(12)18(19)20/h6-8,11,16H,4-5,9-10H2,1-3H3. The topological polar surface area (TPSA) is 58.4 Å². The molecule has 1 unspecified atom stereocenters. The molecule has 6 heteroatoms. The van der Waals surface area contributed by atoms with Crippen molar-refractivity contribution in [2.24, 2.45) is 0 Å². The van der Waals surface area contributed by atoms with E-state index in [2.05, 4.69) is 31.0 Å². The lowest BCUT2D eigenvalue weighted by molar-refractivity contribution is -0.385. The fourth-order valence-corrected chi connectivity index (χ4v) is 2.29. The molecule has 0 fully saturated rings. The number of nitro benzene ring substituents is 1. The Bertz CT molecular complexity index is 450. The van der Waals surface area contributed by atoms with Crippen LogP contribution in [0.2, 0.25) is 5.02 Å². The predicted molar refractivity (Wildman–Crippen MR) is 82.2 cm³/mol. The van der Waals surface area contributed by atoms with Gasteiger partial charge in [-0.1, -0.05) is 25.4 Å². The van der Waals surface area contributed by atoms with Crippen LogP contribution in [0.4, 0.5) is 5.69 Å². The molecule has 1 aromatic carbocycles.